The lowest BCUT2D eigenvalue weighted by atomic mass is 9.98. The van der Waals surface area contributed by atoms with E-state index in [1.807, 2.05) is 45.0 Å². The molecule has 0 aliphatic rings. The maximum Gasteiger partial charge on any atom is 0.255 e. The van der Waals surface area contributed by atoms with Gasteiger partial charge in [0.2, 0.25) is 0 Å². The summed E-state index contributed by atoms with van der Waals surface area (Å²) >= 11 is 0. The van der Waals surface area contributed by atoms with Gasteiger partial charge in [0.25, 0.3) is 5.91 Å². The van der Waals surface area contributed by atoms with Crippen LogP contribution in [0.3, 0.4) is 0 Å². The van der Waals surface area contributed by atoms with Gasteiger partial charge in [0, 0.05) is 12.6 Å². The number of carbonyl (C=O) groups excluding carboxylic acids is 1. The van der Waals surface area contributed by atoms with E-state index < -0.39 is 0 Å². The van der Waals surface area contributed by atoms with Crippen molar-refractivity contribution in [2.75, 3.05) is 17.7 Å². The maximum absolute atomic E-state index is 12.3. The van der Waals surface area contributed by atoms with E-state index in [9.17, 15) is 4.79 Å². The monoisotopic (exact) mass is 269 g/mol. The first-order valence-electron chi connectivity index (χ1n) is 6.55. The molecule has 0 bridgehead atoms. The lowest BCUT2D eigenvalue weighted by Gasteiger charge is -2.11. The number of rotatable bonds is 3. The molecule has 0 radical (unpaired) electrons. The van der Waals surface area contributed by atoms with Crippen LogP contribution >= 0.6 is 0 Å². The summed E-state index contributed by atoms with van der Waals surface area (Å²) in [7, 11) is 1.80. The first kappa shape index (κ1) is 14.1. The topological polar surface area (TPSA) is 54.0 Å². The Bertz CT molecular complexity index is 633. The van der Waals surface area contributed by atoms with Crippen molar-refractivity contribution in [3.8, 4) is 0 Å². The van der Waals surface area contributed by atoms with Crippen molar-refractivity contribution in [2.45, 2.75) is 20.8 Å². The summed E-state index contributed by atoms with van der Waals surface area (Å²) in [6.07, 6.45) is 1.64. The fourth-order valence-electron chi connectivity index (χ4n) is 2.02. The van der Waals surface area contributed by atoms with Crippen LogP contribution in [0, 0.1) is 20.8 Å². The number of amides is 1. The van der Waals surface area contributed by atoms with E-state index >= 15 is 0 Å². The molecule has 2 N–H and O–H groups in total. The predicted octanol–water partition coefficient (Wildman–Crippen LogP) is 3.30. The molecule has 20 heavy (non-hydrogen) atoms. The highest BCUT2D eigenvalue weighted by molar-refractivity contribution is 6.05. The van der Waals surface area contributed by atoms with E-state index in [1.165, 1.54) is 5.56 Å². The van der Waals surface area contributed by atoms with Gasteiger partial charge in [0.15, 0.2) is 0 Å². The molecule has 4 heteroatoms. The van der Waals surface area contributed by atoms with Gasteiger partial charge in [-0.3, -0.25) is 4.79 Å². The van der Waals surface area contributed by atoms with Gasteiger partial charge in [0.05, 0.1) is 11.9 Å². The summed E-state index contributed by atoms with van der Waals surface area (Å²) in [6, 6.07) is 7.48. The second-order valence-electron chi connectivity index (χ2n) is 4.82. The Kier molecular flexibility index (Phi) is 4.03. The highest BCUT2D eigenvalue weighted by Crippen LogP contribution is 2.18. The molecule has 0 aliphatic heterocycles. The molecule has 1 aromatic heterocycles. The minimum Gasteiger partial charge on any atom is -0.373 e. The Morgan fingerprint density at radius 1 is 1.05 bits per heavy atom. The Morgan fingerprint density at radius 3 is 2.40 bits per heavy atom. The average molecular weight is 269 g/mol. The Balaban J connectivity index is 2.21. The first-order valence-corrected chi connectivity index (χ1v) is 6.55. The molecule has 1 heterocycles. The molecule has 0 spiro atoms. The molecular weight excluding hydrogens is 250 g/mol. The molecule has 0 atom stereocenters. The number of pyridine rings is 1. The lowest BCUT2D eigenvalue weighted by molar-refractivity contribution is 0.102. The number of nitrogens with zero attached hydrogens (tertiary/aromatic N) is 1. The molecule has 0 aliphatic carbocycles. The van der Waals surface area contributed by atoms with E-state index in [1.54, 1.807) is 13.2 Å². The fourth-order valence-corrected chi connectivity index (χ4v) is 2.02. The van der Waals surface area contributed by atoms with Crippen LogP contribution in [0.4, 0.5) is 11.5 Å². The molecule has 1 aromatic carbocycles. The summed E-state index contributed by atoms with van der Waals surface area (Å²) < 4.78 is 0. The standard InChI is InChI=1S/C16H19N3O/c1-10-5-7-14(12(3)11(10)2)16(20)19-13-6-8-15(17-4)18-9-13/h5-9H,1-4H3,(H,17,18)(H,19,20). The number of aryl methyl sites for hydroxylation is 1. The quantitative estimate of drug-likeness (QED) is 0.899. The number of nitrogens with one attached hydrogen (secondary N) is 2. The van der Waals surface area contributed by atoms with E-state index in [0.717, 1.165) is 16.9 Å². The van der Waals surface area contributed by atoms with Gasteiger partial charge < -0.3 is 10.6 Å². The van der Waals surface area contributed by atoms with Crippen molar-refractivity contribution in [1.82, 2.24) is 4.98 Å². The summed E-state index contributed by atoms with van der Waals surface area (Å²) in [4.78, 5) is 16.5. The molecule has 0 saturated heterocycles. The van der Waals surface area contributed by atoms with Crippen LogP contribution in [-0.4, -0.2) is 17.9 Å². The molecule has 0 saturated carbocycles. The lowest BCUT2D eigenvalue weighted by Crippen LogP contribution is -2.14. The Morgan fingerprint density at radius 2 is 1.80 bits per heavy atom. The van der Waals surface area contributed by atoms with Gasteiger partial charge in [-0.05, 0) is 55.7 Å². The van der Waals surface area contributed by atoms with Crippen LogP contribution in [0.15, 0.2) is 30.5 Å². The zero-order chi connectivity index (χ0) is 14.7. The van der Waals surface area contributed by atoms with Gasteiger partial charge in [0.1, 0.15) is 5.82 Å². The summed E-state index contributed by atoms with van der Waals surface area (Å²) in [5, 5.41) is 5.81. The predicted molar refractivity (Wildman–Crippen MR) is 82.4 cm³/mol. The average Bonchev–Trinajstić information content (AvgIpc) is 2.45. The Hall–Kier alpha value is -2.36. The van der Waals surface area contributed by atoms with Gasteiger partial charge in [-0.15, -0.1) is 0 Å². The molecule has 0 unspecified atom stereocenters. The number of hydrogen-bond donors (Lipinski definition) is 2. The minimum atomic E-state index is -0.107. The van der Waals surface area contributed by atoms with Crippen LogP contribution in [0.5, 0.6) is 0 Å². The van der Waals surface area contributed by atoms with Gasteiger partial charge in [-0.1, -0.05) is 6.07 Å². The molecule has 1 amide bonds. The summed E-state index contributed by atoms with van der Waals surface area (Å²) in [6.45, 7) is 6.05. The van der Waals surface area contributed by atoms with Crippen molar-refractivity contribution < 1.29 is 4.79 Å². The van der Waals surface area contributed by atoms with E-state index in [-0.39, 0.29) is 5.91 Å². The second kappa shape index (κ2) is 5.74. The second-order valence-corrected chi connectivity index (χ2v) is 4.82. The number of carbonyl (C=O) groups is 1. The number of anilines is 2. The smallest absolute Gasteiger partial charge is 0.255 e. The van der Waals surface area contributed by atoms with Crippen molar-refractivity contribution in [2.24, 2.45) is 0 Å². The van der Waals surface area contributed by atoms with Crippen molar-refractivity contribution in [3.05, 3.63) is 52.7 Å². The molecular formula is C16H19N3O. The van der Waals surface area contributed by atoms with Gasteiger partial charge in [-0.2, -0.15) is 0 Å². The molecule has 104 valence electrons. The zero-order valence-electron chi connectivity index (χ0n) is 12.2. The van der Waals surface area contributed by atoms with Crippen LogP contribution in [0.25, 0.3) is 0 Å². The largest absolute Gasteiger partial charge is 0.373 e. The van der Waals surface area contributed by atoms with Crippen LogP contribution in [0.2, 0.25) is 0 Å². The minimum absolute atomic E-state index is 0.107. The van der Waals surface area contributed by atoms with Crippen molar-refractivity contribution in [1.29, 1.82) is 0 Å². The highest BCUT2D eigenvalue weighted by Gasteiger charge is 2.11. The number of benzene rings is 1. The maximum atomic E-state index is 12.3. The molecule has 2 rings (SSSR count). The third kappa shape index (κ3) is 2.79. The number of aromatic nitrogens is 1. The van der Waals surface area contributed by atoms with Crippen LogP contribution in [-0.2, 0) is 0 Å². The van der Waals surface area contributed by atoms with Crippen LogP contribution in [0.1, 0.15) is 27.0 Å². The van der Waals surface area contributed by atoms with Crippen molar-refractivity contribution >= 4 is 17.4 Å². The first-order chi connectivity index (χ1) is 9.52. The highest BCUT2D eigenvalue weighted by atomic mass is 16.1. The van der Waals surface area contributed by atoms with E-state index in [0.29, 0.717) is 11.3 Å². The van der Waals surface area contributed by atoms with Gasteiger partial charge in [-0.25, -0.2) is 4.98 Å². The normalized spacial score (nSPS) is 10.2. The zero-order valence-corrected chi connectivity index (χ0v) is 12.2. The third-order valence-corrected chi connectivity index (χ3v) is 3.58. The fraction of sp³-hybridized carbons (Fsp3) is 0.250. The van der Waals surface area contributed by atoms with E-state index in [2.05, 4.69) is 15.6 Å². The molecule has 2 aromatic rings. The molecule has 4 nitrogen and oxygen atoms in total. The van der Waals surface area contributed by atoms with Gasteiger partial charge >= 0.3 is 0 Å². The van der Waals surface area contributed by atoms with Crippen molar-refractivity contribution in [3.63, 3.8) is 0 Å². The Labute approximate surface area is 119 Å². The summed E-state index contributed by atoms with van der Waals surface area (Å²) in [5.74, 6) is 0.662. The SMILES string of the molecule is CNc1ccc(NC(=O)c2ccc(C)c(C)c2C)cn1. The van der Waals surface area contributed by atoms with E-state index in [4.69, 9.17) is 0 Å². The molecule has 0 fully saturated rings. The third-order valence-electron chi connectivity index (χ3n) is 3.58. The summed E-state index contributed by atoms with van der Waals surface area (Å²) in [5.41, 5.74) is 4.75. The van der Waals surface area contributed by atoms with Crippen LogP contribution < -0.4 is 10.6 Å². The number of hydrogen-bond acceptors (Lipinski definition) is 3.